The molecule has 0 radical (unpaired) electrons. The van der Waals surface area contributed by atoms with E-state index in [4.69, 9.17) is 14.2 Å². The third-order valence-electron chi connectivity index (χ3n) is 4.63. The Hall–Kier alpha value is -1.26. The van der Waals surface area contributed by atoms with E-state index < -0.39 is 0 Å². The third kappa shape index (κ3) is 7.00. The van der Waals surface area contributed by atoms with Crippen LogP contribution in [0.5, 0.6) is 11.5 Å². The summed E-state index contributed by atoms with van der Waals surface area (Å²) in [6.07, 6.45) is 0. The Bertz CT molecular complexity index is 592. The molecular weight excluding hydrogens is 459 g/mol. The van der Waals surface area contributed by atoms with E-state index in [0.29, 0.717) is 23.5 Å². The van der Waals surface area contributed by atoms with Crippen molar-refractivity contribution in [2.75, 3.05) is 59.4 Å². The van der Waals surface area contributed by atoms with Crippen LogP contribution in [-0.4, -0.2) is 71.0 Å². The lowest BCUT2D eigenvalue weighted by Gasteiger charge is -2.37. The molecule has 0 amide bonds. The molecule has 0 aliphatic carbocycles. The first-order chi connectivity index (χ1) is 12.6. The molecule has 154 valence electrons. The minimum atomic E-state index is 0. The smallest absolute Gasteiger partial charge is 0.195 e. The van der Waals surface area contributed by atoms with E-state index in [1.165, 1.54) is 0 Å². The molecule has 0 saturated carbocycles. The van der Waals surface area contributed by atoms with Gasteiger partial charge in [0.05, 0.1) is 27.4 Å². The molecule has 1 aliphatic heterocycles. The van der Waals surface area contributed by atoms with Gasteiger partial charge in [0.2, 0.25) is 0 Å². The monoisotopic (exact) mass is 492 g/mol. The van der Waals surface area contributed by atoms with Crippen molar-refractivity contribution in [1.82, 2.24) is 10.2 Å². The van der Waals surface area contributed by atoms with Gasteiger partial charge in [-0.3, -0.25) is 9.89 Å². The standard InChI is InChI=1S/C19H32N4O3.HI/c1-14(2)16(23-8-10-26-11-9-23)13-21-19(20-3)22-15-6-7-17(24-4)18(12-15)25-5;/h6-7,12,14,16H,8-11,13H2,1-5H3,(H2,20,21,22);1H. The van der Waals surface area contributed by atoms with E-state index in [0.717, 1.165) is 44.5 Å². The molecule has 0 aromatic heterocycles. The zero-order chi connectivity index (χ0) is 18.9. The number of ether oxygens (including phenoxy) is 3. The Kier molecular flexibility index (Phi) is 10.8. The van der Waals surface area contributed by atoms with Crippen LogP contribution in [0.3, 0.4) is 0 Å². The van der Waals surface area contributed by atoms with Crippen molar-refractivity contribution in [3.05, 3.63) is 18.2 Å². The third-order valence-corrected chi connectivity index (χ3v) is 4.63. The van der Waals surface area contributed by atoms with Crippen LogP contribution in [0, 0.1) is 5.92 Å². The molecule has 1 aliphatic rings. The molecule has 1 unspecified atom stereocenters. The number of hydrogen-bond donors (Lipinski definition) is 2. The van der Waals surface area contributed by atoms with Gasteiger partial charge < -0.3 is 24.8 Å². The van der Waals surface area contributed by atoms with Crippen LogP contribution < -0.4 is 20.1 Å². The number of morpholine rings is 1. The highest BCUT2D eigenvalue weighted by atomic mass is 127. The summed E-state index contributed by atoms with van der Waals surface area (Å²) in [5, 5.41) is 6.76. The van der Waals surface area contributed by atoms with Gasteiger partial charge >= 0.3 is 0 Å². The fourth-order valence-corrected chi connectivity index (χ4v) is 3.13. The average molecular weight is 492 g/mol. The molecular formula is C19H33IN4O3. The topological polar surface area (TPSA) is 67.4 Å². The Morgan fingerprint density at radius 1 is 1.19 bits per heavy atom. The molecule has 2 rings (SSSR count). The molecule has 27 heavy (non-hydrogen) atoms. The summed E-state index contributed by atoms with van der Waals surface area (Å²) in [6.45, 7) is 8.91. The summed E-state index contributed by atoms with van der Waals surface area (Å²) >= 11 is 0. The fraction of sp³-hybridized carbons (Fsp3) is 0.632. The number of rotatable bonds is 7. The maximum absolute atomic E-state index is 5.48. The van der Waals surface area contributed by atoms with Gasteiger partial charge in [-0.1, -0.05) is 13.8 Å². The van der Waals surface area contributed by atoms with Crippen molar-refractivity contribution in [2.24, 2.45) is 10.9 Å². The summed E-state index contributed by atoms with van der Waals surface area (Å²) in [4.78, 5) is 6.83. The van der Waals surface area contributed by atoms with E-state index in [1.807, 2.05) is 18.2 Å². The number of nitrogens with one attached hydrogen (secondary N) is 2. The molecule has 0 bridgehead atoms. The van der Waals surface area contributed by atoms with Crippen LogP contribution in [0.2, 0.25) is 0 Å². The van der Waals surface area contributed by atoms with Gasteiger partial charge in [0.15, 0.2) is 17.5 Å². The molecule has 1 atom stereocenters. The minimum Gasteiger partial charge on any atom is -0.493 e. The molecule has 1 heterocycles. The van der Waals surface area contributed by atoms with Crippen LogP contribution in [0.15, 0.2) is 23.2 Å². The lowest BCUT2D eigenvalue weighted by molar-refractivity contribution is 0.00757. The van der Waals surface area contributed by atoms with Gasteiger partial charge in [-0.2, -0.15) is 0 Å². The minimum absolute atomic E-state index is 0. The van der Waals surface area contributed by atoms with Crippen LogP contribution in [-0.2, 0) is 4.74 Å². The maximum atomic E-state index is 5.48. The summed E-state index contributed by atoms with van der Waals surface area (Å²) in [6, 6.07) is 6.14. The molecule has 8 heteroatoms. The Morgan fingerprint density at radius 3 is 2.41 bits per heavy atom. The molecule has 1 fully saturated rings. The second kappa shape index (κ2) is 12.2. The normalized spacial score (nSPS) is 16.4. The van der Waals surface area contributed by atoms with E-state index in [2.05, 4.69) is 34.4 Å². The van der Waals surface area contributed by atoms with Crippen LogP contribution in [0.4, 0.5) is 5.69 Å². The largest absolute Gasteiger partial charge is 0.493 e. The van der Waals surface area contributed by atoms with Gasteiger partial charge in [0, 0.05) is 44.5 Å². The van der Waals surface area contributed by atoms with Crippen molar-refractivity contribution >= 4 is 35.6 Å². The average Bonchev–Trinajstić information content (AvgIpc) is 2.67. The molecule has 1 saturated heterocycles. The van der Waals surface area contributed by atoms with Crippen molar-refractivity contribution in [2.45, 2.75) is 19.9 Å². The fourth-order valence-electron chi connectivity index (χ4n) is 3.13. The molecule has 1 aromatic carbocycles. The van der Waals surface area contributed by atoms with Crippen molar-refractivity contribution < 1.29 is 14.2 Å². The SMILES string of the molecule is CN=C(NCC(C(C)C)N1CCOCC1)Nc1ccc(OC)c(OC)c1.I. The number of benzene rings is 1. The van der Waals surface area contributed by atoms with Crippen LogP contribution >= 0.6 is 24.0 Å². The van der Waals surface area contributed by atoms with E-state index in [-0.39, 0.29) is 24.0 Å². The maximum Gasteiger partial charge on any atom is 0.195 e. The molecule has 7 nitrogen and oxygen atoms in total. The first kappa shape index (κ1) is 23.8. The quantitative estimate of drug-likeness (QED) is 0.347. The number of nitrogens with zero attached hydrogens (tertiary/aromatic N) is 2. The van der Waals surface area contributed by atoms with Crippen molar-refractivity contribution in [3.63, 3.8) is 0 Å². The first-order valence-electron chi connectivity index (χ1n) is 9.10. The van der Waals surface area contributed by atoms with Crippen molar-refractivity contribution in [3.8, 4) is 11.5 Å². The Labute approximate surface area is 179 Å². The van der Waals surface area contributed by atoms with E-state index in [1.54, 1.807) is 21.3 Å². The highest BCUT2D eigenvalue weighted by Crippen LogP contribution is 2.29. The van der Waals surface area contributed by atoms with Gasteiger partial charge in [0.1, 0.15) is 0 Å². The lowest BCUT2D eigenvalue weighted by Crippen LogP contribution is -2.51. The van der Waals surface area contributed by atoms with E-state index >= 15 is 0 Å². The van der Waals surface area contributed by atoms with Gasteiger partial charge in [0.25, 0.3) is 0 Å². The number of aliphatic imine (C=N–C) groups is 1. The Morgan fingerprint density at radius 2 is 1.85 bits per heavy atom. The zero-order valence-corrected chi connectivity index (χ0v) is 19.3. The highest BCUT2D eigenvalue weighted by Gasteiger charge is 2.23. The predicted octanol–water partition coefficient (Wildman–Crippen LogP) is 2.67. The second-order valence-electron chi connectivity index (χ2n) is 6.61. The summed E-state index contributed by atoms with van der Waals surface area (Å²) < 4.78 is 16.1. The second-order valence-corrected chi connectivity index (χ2v) is 6.61. The number of guanidine groups is 1. The molecule has 1 aromatic rings. The van der Waals surface area contributed by atoms with E-state index in [9.17, 15) is 0 Å². The highest BCUT2D eigenvalue weighted by molar-refractivity contribution is 14.0. The van der Waals surface area contributed by atoms with Gasteiger partial charge in [-0.05, 0) is 18.1 Å². The van der Waals surface area contributed by atoms with Gasteiger partial charge in [-0.25, -0.2) is 0 Å². The number of hydrogen-bond acceptors (Lipinski definition) is 5. The summed E-state index contributed by atoms with van der Waals surface area (Å²) in [7, 11) is 5.03. The van der Waals surface area contributed by atoms with Crippen LogP contribution in [0.25, 0.3) is 0 Å². The van der Waals surface area contributed by atoms with Crippen molar-refractivity contribution in [1.29, 1.82) is 0 Å². The molecule has 2 N–H and O–H groups in total. The number of methoxy groups -OCH3 is 2. The molecule has 0 spiro atoms. The predicted molar refractivity (Wildman–Crippen MR) is 121 cm³/mol. The summed E-state index contributed by atoms with van der Waals surface area (Å²) in [5.41, 5.74) is 0.892. The summed E-state index contributed by atoms with van der Waals surface area (Å²) in [5.74, 6) is 2.66. The Balaban J connectivity index is 0.00000364. The van der Waals surface area contributed by atoms with Gasteiger partial charge in [-0.15, -0.1) is 24.0 Å². The lowest BCUT2D eigenvalue weighted by atomic mass is 10.0. The number of halogens is 1. The number of anilines is 1. The zero-order valence-electron chi connectivity index (χ0n) is 16.9. The first-order valence-corrected chi connectivity index (χ1v) is 9.10. The van der Waals surface area contributed by atoms with Crippen LogP contribution in [0.1, 0.15) is 13.8 Å².